The number of ether oxygens (including phenoxy) is 2. The normalized spacial score (nSPS) is 11.3. The highest BCUT2D eigenvalue weighted by Crippen LogP contribution is 2.37. The van der Waals surface area contributed by atoms with Crippen LogP contribution in [0.15, 0.2) is 112 Å². The molecule has 0 atom stereocenters. The van der Waals surface area contributed by atoms with Gasteiger partial charge in [0.2, 0.25) is 0 Å². The molecule has 40 heavy (non-hydrogen) atoms. The number of benzene rings is 4. The van der Waals surface area contributed by atoms with Crippen molar-refractivity contribution in [3.8, 4) is 11.5 Å². The monoisotopic (exact) mass is 621 g/mol. The fourth-order valence-corrected chi connectivity index (χ4v) is 5.85. The van der Waals surface area contributed by atoms with E-state index in [2.05, 4.69) is 26.5 Å². The van der Waals surface area contributed by atoms with Gasteiger partial charge in [0.15, 0.2) is 11.5 Å². The van der Waals surface area contributed by atoms with Gasteiger partial charge in [-0.25, -0.2) is 13.8 Å². The van der Waals surface area contributed by atoms with Crippen molar-refractivity contribution >= 4 is 43.8 Å². The average Bonchev–Trinajstić information content (AvgIpc) is 2.96. The van der Waals surface area contributed by atoms with Crippen molar-refractivity contribution in [2.75, 3.05) is 18.0 Å². The van der Waals surface area contributed by atoms with Gasteiger partial charge in [-0.2, -0.15) is 5.10 Å². The Morgan fingerprint density at radius 2 is 1.68 bits per heavy atom. The van der Waals surface area contributed by atoms with Gasteiger partial charge >= 0.3 is 0 Å². The number of nitrogens with one attached hydrogen (secondary N) is 1. The zero-order chi connectivity index (χ0) is 28.5. The second-order valence-corrected chi connectivity index (χ2v) is 11.5. The molecule has 0 radical (unpaired) electrons. The number of carbonyl (C=O) groups excluding carboxylic acids is 1. The fraction of sp³-hybridized carbons (Fsp3) is 0.133. The highest BCUT2D eigenvalue weighted by atomic mass is 79.9. The van der Waals surface area contributed by atoms with Gasteiger partial charge in [-0.3, -0.25) is 9.10 Å². The van der Waals surface area contributed by atoms with Crippen LogP contribution in [0.3, 0.4) is 0 Å². The van der Waals surface area contributed by atoms with E-state index in [1.807, 2.05) is 43.3 Å². The zero-order valence-electron chi connectivity index (χ0n) is 22.0. The van der Waals surface area contributed by atoms with Crippen molar-refractivity contribution in [1.29, 1.82) is 0 Å². The summed E-state index contributed by atoms with van der Waals surface area (Å²) >= 11 is 3.51. The Bertz CT molecular complexity index is 1600. The predicted molar refractivity (Wildman–Crippen MR) is 159 cm³/mol. The third-order valence-corrected chi connectivity index (χ3v) is 8.17. The van der Waals surface area contributed by atoms with E-state index in [1.165, 1.54) is 25.5 Å². The summed E-state index contributed by atoms with van der Waals surface area (Å²) in [5, 5.41) is 4.04. The lowest BCUT2D eigenvalue weighted by atomic mass is 10.2. The Morgan fingerprint density at radius 3 is 2.35 bits per heavy atom. The number of amides is 1. The topological polar surface area (TPSA) is 97.3 Å². The van der Waals surface area contributed by atoms with Gasteiger partial charge in [0, 0.05) is 0 Å². The molecule has 1 amide bonds. The van der Waals surface area contributed by atoms with Crippen molar-refractivity contribution in [2.45, 2.75) is 18.4 Å². The van der Waals surface area contributed by atoms with Crippen molar-refractivity contribution in [3.63, 3.8) is 0 Å². The minimum Gasteiger partial charge on any atom is -0.493 e. The fourth-order valence-electron chi connectivity index (χ4n) is 3.85. The summed E-state index contributed by atoms with van der Waals surface area (Å²) in [6.45, 7) is 1.76. The summed E-state index contributed by atoms with van der Waals surface area (Å²) in [6, 6.07) is 28.2. The Morgan fingerprint density at radius 1 is 0.975 bits per heavy atom. The largest absolute Gasteiger partial charge is 0.493 e. The number of hydrogen-bond donors (Lipinski definition) is 1. The number of carbonyl (C=O) groups is 1. The van der Waals surface area contributed by atoms with Gasteiger partial charge < -0.3 is 9.47 Å². The Kier molecular flexibility index (Phi) is 9.57. The summed E-state index contributed by atoms with van der Waals surface area (Å²) in [4.78, 5) is 12.9. The lowest BCUT2D eigenvalue weighted by Crippen LogP contribution is -2.39. The first-order valence-electron chi connectivity index (χ1n) is 12.3. The average molecular weight is 623 g/mol. The number of nitrogens with zero attached hydrogens (tertiary/aromatic N) is 2. The standard InChI is InChI=1S/C30H28BrN3O5S/c1-22-10-9-13-25(16-22)34(40(36,37)26-14-7-4-8-15-26)20-29(35)33-32-19-24-17-27(31)30(28(18-24)38-2)39-21-23-11-5-3-6-12-23/h3-19H,20-21H2,1-2H3,(H,33,35)/b32-19-. The van der Waals surface area contributed by atoms with Gasteiger partial charge in [0.05, 0.1) is 28.4 Å². The quantitative estimate of drug-likeness (QED) is 0.171. The molecule has 0 saturated carbocycles. The molecule has 206 valence electrons. The third kappa shape index (κ3) is 7.28. The first kappa shape index (κ1) is 28.8. The van der Waals surface area contributed by atoms with Crippen LogP contribution in [-0.2, 0) is 21.4 Å². The minimum absolute atomic E-state index is 0.0827. The molecule has 0 aliphatic rings. The van der Waals surface area contributed by atoms with Crippen LogP contribution in [-0.4, -0.2) is 34.2 Å². The summed E-state index contributed by atoms with van der Waals surface area (Å²) in [5.74, 6) is 0.413. The van der Waals surface area contributed by atoms with Crippen molar-refractivity contribution in [1.82, 2.24) is 5.43 Å². The summed E-state index contributed by atoms with van der Waals surface area (Å²) in [7, 11) is -2.47. The van der Waals surface area contributed by atoms with Gasteiger partial charge in [-0.15, -0.1) is 0 Å². The minimum atomic E-state index is -4.00. The number of aryl methyl sites for hydroxylation is 1. The van der Waals surface area contributed by atoms with E-state index in [4.69, 9.17) is 9.47 Å². The van der Waals surface area contributed by atoms with E-state index >= 15 is 0 Å². The molecule has 0 spiro atoms. The van der Waals surface area contributed by atoms with E-state index in [0.29, 0.717) is 33.8 Å². The lowest BCUT2D eigenvalue weighted by Gasteiger charge is -2.24. The van der Waals surface area contributed by atoms with Crippen molar-refractivity contribution in [3.05, 3.63) is 118 Å². The van der Waals surface area contributed by atoms with E-state index in [0.717, 1.165) is 15.4 Å². The molecular formula is C30H28BrN3O5S. The van der Waals surface area contributed by atoms with E-state index in [1.54, 1.807) is 48.5 Å². The van der Waals surface area contributed by atoms with Crippen LogP contribution in [0.4, 0.5) is 5.69 Å². The number of hydrazone groups is 1. The van der Waals surface area contributed by atoms with Crippen molar-refractivity contribution < 1.29 is 22.7 Å². The molecule has 0 saturated heterocycles. The third-order valence-electron chi connectivity index (χ3n) is 5.79. The van der Waals surface area contributed by atoms with Crippen LogP contribution in [0.2, 0.25) is 0 Å². The van der Waals surface area contributed by atoms with Gasteiger partial charge in [-0.05, 0) is 75.9 Å². The molecule has 4 aromatic carbocycles. The molecule has 0 unspecified atom stereocenters. The van der Waals surface area contributed by atoms with Gasteiger partial charge in [-0.1, -0.05) is 60.7 Å². The van der Waals surface area contributed by atoms with Crippen LogP contribution in [0, 0.1) is 6.92 Å². The van der Waals surface area contributed by atoms with Crippen LogP contribution in [0.1, 0.15) is 16.7 Å². The molecule has 1 N–H and O–H groups in total. The second-order valence-electron chi connectivity index (χ2n) is 8.77. The maximum atomic E-state index is 13.4. The molecule has 0 fully saturated rings. The first-order valence-corrected chi connectivity index (χ1v) is 14.5. The second kappa shape index (κ2) is 13.3. The number of methoxy groups -OCH3 is 1. The van der Waals surface area contributed by atoms with Crippen LogP contribution in [0.25, 0.3) is 0 Å². The molecule has 4 aromatic rings. The van der Waals surface area contributed by atoms with Crippen LogP contribution < -0.4 is 19.2 Å². The first-order chi connectivity index (χ1) is 19.3. The lowest BCUT2D eigenvalue weighted by molar-refractivity contribution is -0.119. The molecule has 8 nitrogen and oxygen atoms in total. The highest BCUT2D eigenvalue weighted by molar-refractivity contribution is 9.10. The SMILES string of the molecule is COc1cc(/C=N\NC(=O)CN(c2cccc(C)c2)S(=O)(=O)c2ccccc2)cc(Br)c1OCc1ccccc1. The predicted octanol–water partition coefficient (Wildman–Crippen LogP) is 5.69. The van der Waals surface area contributed by atoms with Gasteiger partial charge in [0.25, 0.3) is 15.9 Å². The van der Waals surface area contributed by atoms with Crippen LogP contribution >= 0.6 is 15.9 Å². The molecule has 0 bridgehead atoms. The summed E-state index contributed by atoms with van der Waals surface area (Å²) < 4.78 is 40.0. The number of halogens is 1. The number of sulfonamides is 1. The molecule has 0 aromatic heterocycles. The molecule has 0 aliphatic carbocycles. The smallest absolute Gasteiger partial charge is 0.264 e. The Labute approximate surface area is 242 Å². The Hall–Kier alpha value is -4.15. The number of anilines is 1. The number of hydrogen-bond acceptors (Lipinski definition) is 6. The zero-order valence-corrected chi connectivity index (χ0v) is 24.4. The highest BCUT2D eigenvalue weighted by Gasteiger charge is 2.27. The van der Waals surface area contributed by atoms with Crippen LogP contribution in [0.5, 0.6) is 11.5 Å². The molecular weight excluding hydrogens is 594 g/mol. The molecule has 0 heterocycles. The van der Waals surface area contributed by atoms with Gasteiger partial charge in [0.1, 0.15) is 13.2 Å². The molecule has 4 rings (SSSR count). The number of rotatable bonds is 11. The van der Waals surface area contributed by atoms with Crippen molar-refractivity contribution in [2.24, 2.45) is 5.10 Å². The van der Waals surface area contributed by atoms with E-state index < -0.39 is 22.5 Å². The Balaban J connectivity index is 1.48. The van der Waals surface area contributed by atoms with E-state index in [9.17, 15) is 13.2 Å². The summed E-state index contributed by atoms with van der Waals surface area (Å²) in [6.07, 6.45) is 1.44. The maximum Gasteiger partial charge on any atom is 0.264 e. The molecule has 0 aliphatic heterocycles. The maximum absolute atomic E-state index is 13.4. The molecule has 10 heteroatoms. The van der Waals surface area contributed by atoms with E-state index in [-0.39, 0.29) is 4.90 Å². The summed E-state index contributed by atoms with van der Waals surface area (Å²) in [5.41, 5.74) is 5.30.